The molecule has 1 spiro atoms. The van der Waals surface area contributed by atoms with Crippen molar-refractivity contribution in [2.75, 3.05) is 6.54 Å². The number of hydrogen-bond acceptors (Lipinski definition) is 4. The van der Waals surface area contributed by atoms with Crippen LogP contribution in [0.1, 0.15) is 25.3 Å². The van der Waals surface area contributed by atoms with Crippen LogP contribution in [0.25, 0.3) is 11.1 Å². The molecule has 2 aliphatic rings. The van der Waals surface area contributed by atoms with Gasteiger partial charge in [0.25, 0.3) is 10.0 Å². The van der Waals surface area contributed by atoms with Gasteiger partial charge in [0.05, 0.1) is 12.1 Å². The molecule has 0 bridgehead atoms. The fourth-order valence-corrected chi connectivity index (χ4v) is 5.74. The molecule has 0 radical (unpaired) electrons. The lowest BCUT2D eigenvalue weighted by Gasteiger charge is -2.30. The van der Waals surface area contributed by atoms with Gasteiger partial charge in [-0.2, -0.15) is 14.0 Å². The number of nitrogens with one attached hydrogen (secondary N) is 1. The summed E-state index contributed by atoms with van der Waals surface area (Å²) in [7, 11) is -5.05. The van der Waals surface area contributed by atoms with Crippen molar-refractivity contribution in [1.82, 2.24) is 9.62 Å². The van der Waals surface area contributed by atoms with Crippen molar-refractivity contribution >= 4 is 15.9 Å². The summed E-state index contributed by atoms with van der Waals surface area (Å²) in [4.78, 5) is 14.2. The molecule has 192 valence electrons. The highest BCUT2D eigenvalue weighted by Crippen LogP contribution is 2.56. The Morgan fingerprint density at radius 3 is 2.39 bits per heavy atom. The summed E-state index contributed by atoms with van der Waals surface area (Å²) >= 11 is 0. The second-order valence-electron chi connectivity index (χ2n) is 9.29. The summed E-state index contributed by atoms with van der Waals surface area (Å²) < 4.78 is 95.6. The van der Waals surface area contributed by atoms with Gasteiger partial charge in [-0.05, 0) is 49.4 Å². The number of hydrogen-bond donors (Lipinski definition) is 1. The molecule has 4 rings (SSSR count). The van der Waals surface area contributed by atoms with Gasteiger partial charge >= 0.3 is 5.76 Å². The van der Waals surface area contributed by atoms with Crippen molar-refractivity contribution in [1.29, 1.82) is 5.26 Å². The molecule has 1 heterocycles. The molecular formula is C24H22F5N3O3S. The molecule has 1 aliphatic carbocycles. The SMILES string of the molecule is C[C@@H](C#N)C(=O)N1CC2(CC2)[C@H](NS(=O)(=O)C(F)F)[C@@H]1Cc1cccc(-c2cc(F)cc(F)c2)c1F. The topological polar surface area (TPSA) is 90.3 Å². The van der Waals surface area contributed by atoms with Gasteiger partial charge in [0.2, 0.25) is 5.91 Å². The van der Waals surface area contributed by atoms with Gasteiger partial charge in [-0.1, -0.05) is 18.2 Å². The van der Waals surface area contributed by atoms with Gasteiger partial charge in [0.15, 0.2) is 0 Å². The number of benzene rings is 2. The predicted molar refractivity (Wildman–Crippen MR) is 119 cm³/mol. The molecule has 36 heavy (non-hydrogen) atoms. The van der Waals surface area contributed by atoms with E-state index in [1.54, 1.807) is 0 Å². The fourth-order valence-electron chi connectivity index (χ4n) is 4.87. The number of alkyl halides is 2. The van der Waals surface area contributed by atoms with E-state index in [1.165, 1.54) is 30.0 Å². The third-order valence-corrected chi connectivity index (χ3v) is 7.93. The lowest BCUT2D eigenvalue weighted by Crippen LogP contribution is -2.51. The maximum atomic E-state index is 15.6. The predicted octanol–water partition coefficient (Wildman–Crippen LogP) is 3.97. The highest BCUT2D eigenvalue weighted by Gasteiger charge is 2.62. The first-order valence-corrected chi connectivity index (χ1v) is 12.7. The van der Waals surface area contributed by atoms with E-state index in [0.29, 0.717) is 18.9 Å². The van der Waals surface area contributed by atoms with Gasteiger partial charge in [-0.3, -0.25) is 4.79 Å². The molecule has 0 unspecified atom stereocenters. The quantitative estimate of drug-likeness (QED) is 0.552. The van der Waals surface area contributed by atoms with Crippen LogP contribution in [0, 0.1) is 40.1 Å². The molecular weight excluding hydrogens is 505 g/mol. The van der Waals surface area contributed by atoms with Crippen LogP contribution in [0.15, 0.2) is 36.4 Å². The van der Waals surface area contributed by atoms with Crippen LogP contribution < -0.4 is 4.72 Å². The zero-order valence-corrected chi connectivity index (χ0v) is 19.8. The van der Waals surface area contributed by atoms with Crippen LogP contribution in [0.3, 0.4) is 0 Å². The molecule has 2 aromatic carbocycles. The largest absolute Gasteiger partial charge is 0.350 e. The van der Waals surface area contributed by atoms with E-state index < -0.39 is 62.6 Å². The van der Waals surface area contributed by atoms with Crippen molar-refractivity contribution in [2.45, 2.75) is 44.0 Å². The minimum atomic E-state index is -5.05. The van der Waals surface area contributed by atoms with Crippen LogP contribution in [-0.2, 0) is 21.2 Å². The monoisotopic (exact) mass is 527 g/mol. The molecule has 1 amide bonds. The van der Waals surface area contributed by atoms with E-state index in [2.05, 4.69) is 0 Å². The Morgan fingerprint density at radius 1 is 1.19 bits per heavy atom. The van der Waals surface area contributed by atoms with Crippen LogP contribution >= 0.6 is 0 Å². The van der Waals surface area contributed by atoms with Gasteiger partial charge in [0.1, 0.15) is 23.4 Å². The van der Waals surface area contributed by atoms with Crippen LogP contribution in [-0.4, -0.2) is 43.6 Å². The normalized spacial score (nSPS) is 21.6. The second-order valence-corrected chi connectivity index (χ2v) is 11.0. The highest BCUT2D eigenvalue weighted by molar-refractivity contribution is 7.89. The average Bonchev–Trinajstić information content (AvgIpc) is 3.53. The van der Waals surface area contributed by atoms with Crippen LogP contribution in [0.5, 0.6) is 0 Å². The number of amides is 1. The molecule has 3 atom stereocenters. The van der Waals surface area contributed by atoms with Crippen molar-refractivity contribution in [3.05, 3.63) is 59.4 Å². The summed E-state index contributed by atoms with van der Waals surface area (Å²) in [5.74, 6) is -8.11. The van der Waals surface area contributed by atoms with Crippen molar-refractivity contribution in [3.8, 4) is 17.2 Å². The number of halogens is 5. The summed E-state index contributed by atoms with van der Waals surface area (Å²) in [5, 5.41) is 9.23. The number of likely N-dealkylation sites (tertiary alicyclic amines) is 1. The highest BCUT2D eigenvalue weighted by atomic mass is 32.2. The summed E-state index contributed by atoms with van der Waals surface area (Å²) in [6.45, 7) is 1.38. The van der Waals surface area contributed by atoms with E-state index in [1.807, 2.05) is 10.8 Å². The Bertz CT molecular complexity index is 1320. The second kappa shape index (κ2) is 9.44. The smallest absolute Gasteiger partial charge is 0.336 e. The van der Waals surface area contributed by atoms with Gasteiger partial charge in [-0.25, -0.2) is 26.3 Å². The first-order chi connectivity index (χ1) is 16.9. The lowest BCUT2D eigenvalue weighted by atomic mass is 9.91. The van der Waals surface area contributed by atoms with E-state index in [0.717, 1.165) is 12.1 Å². The average molecular weight is 528 g/mol. The number of carbonyl (C=O) groups excluding carboxylic acids is 1. The Kier molecular flexibility index (Phi) is 6.83. The first-order valence-electron chi connectivity index (χ1n) is 11.1. The molecule has 1 saturated heterocycles. The lowest BCUT2D eigenvalue weighted by molar-refractivity contribution is -0.134. The molecule has 0 aromatic heterocycles. The molecule has 1 aliphatic heterocycles. The van der Waals surface area contributed by atoms with Crippen LogP contribution in [0.4, 0.5) is 22.0 Å². The minimum absolute atomic E-state index is 0.0106. The number of carbonyl (C=O) groups is 1. The van der Waals surface area contributed by atoms with Crippen LogP contribution in [0.2, 0.25) is 0 Å². The third-order valence-electron chi connectivity index (χ3n) is 6.88. The number of nitrogens with zero attached hydrogens (tertiary/aromatic N) is 2. The Hall–Kier alpha value is -3.04. The molecule has 2 fully saturated rings. The van der Waals surface area contributed by atoms with E-state index in [9.17, 15) is 36.0 Å². The van der Waals surface area contributed by atoms with Gasteiger partial charge < -0.3 is 4.90 Å². The molecule has 1 N–H and O–H groups in total. The van der Waals surface area contributed by atoms with Crippen molar-refractivity contribution < 1.29 is 35.2 Å². The summed E-state index contributed by atoms with van der Waals surface area (Å²) in [6, 6.07) is 6.24. The number of sulfonamides is 1. The number of nitriles is 1. The minimum Gasteiger partial charge on any atom is -0.336 e. The maximum Gasteiger partial charge on any atom is 0.350 e. The maximum absolute atomic E-state index is 15.6. The third kappa shape index (κ3) is 4.82. The Balaban J connectivity index is 1.75. The standard InChI is InChI=1S/C24H22F5N3O3S/c1-13(11-30)22(33)32-12-24(5-6-24)21(31-36(34,35)23(28)29)19(32)9-14-3-2-4-18(20(14)27)15-7-16(25)10-17(26)8-15/h2-4,7-8,10,13,19,21,23,31H,5-6,9,12H2,1H3/t13-,19-,21+/m0/s1. The number of rotatable bonds is 7. The zero-order valence-electron chi connectivity index (χ0n) is 19.0. The van der Waals surface area contributed by atoms with Gasteiger partial charge in [0, 0.05) is 29.6 Å². The van der Waals surface area contributed by atoms with Gasteiger partial charge in [-0.15, -0.1) is 0 Å². The molecule has 6 nitrogen and oxygen atoms in total. The summed E-state index contributed by atoms with van der Waals surface area (Å²) in [5.41, 5.74) is -1.02. The molecule has 12 heteroatoms. The Labute approximate surface area is 204 Å². The Morgan fingerprint density at radius 2 is 1.83 bits per heavy atom. The van der Waals surface area contributed by atoms with E-state index >= 15 is 4.39 Å². The van der Waals surface area contributed by atoms with Crippen molar-refractivity contribution in [3.63, 3.8) is 0 Å². The fraction of sp³-hybridized carbons (Fsp3) is 0.417. The first kappa shape index (κ1) is 26.0. The zero-order chi connectivity index (χ0) is 26.4. The summed E-state index contributed by atoms with van der Waals surface area (Å²) in [6.07, 6.45) is 0.630. The van der Waals surface area contributed by atoms with E-state index in [4.69, 9.17) is 0 Å². The molecule has 1 saturated carbocycles. The van der Waals surface area contributed by atoms with E-state index in [-0.39, 0.29) is 29.7 Å². The van der Waals surface area contributed by atoms with Crippen molar-refractivity contribution in [2.24, 2.45) is 11.3 Å². The molecule has 2 aromatic rings.